The molecular formula is C22H21F2N5O2. The van der Waals surface area contributed by atoms with Crippen molar-refractivity contribution >= 4 is 17.3 Å². The number of carbonyl (C=O) groups is 1. The van der Waals surface area contributed by atoms with E-state index in [1.54, 1.807) is 12.1 Å². The molecule has 2 aromatic carbocycles. The number of halogens is 2. The van der Waals surface area contributed by atoms with Crippen LogP contribution in [0.1, 0.15) is 10.5 Å². The van der Waals surface area contributed by atoms with Crippen LogP contribution in [0, 0.1) is 11.6 Å². The molecule has 0 radical (unpaired) electrons. The monoisotopic (exact) mass is 425 g/mol. The molecule has 0 atom stereocenters. The van der Waals surface area contributed by atoms with Gasteiger partial charge in [0.05, 0.1) is 42.1 Å². The summed E-state index contributed by atoms with van der Waals surface area (Å²) < 4.78 is 33.5. The summed E-state index contributed by atoms with van der Waals surface area (Å²) in [5.41, 5.74) is 1.29. The van der Waals surface area contributed by atoms with Crippen LogP contribution in [0.4, 0.5) is 20.2 Å². The van der Waals surface area contributed by atoms with Gasteiger partial charge in [0.15, 0.2) is 0 Å². The van der Waals surface area contributed by atoms with Crippen LogP contribution in [0.3, 0.4) is 0 Å². The van der Waals surface area contributed by atoms with Crippen molar-refractivity contribution in [2.45, 2.75) is 0 Å². The highest BCUT2D eigenvalue weighted by Gasteiger charge is 2.19. The lowest BCUT2D eigenvalue weighted by Gasteiger charge is -2.31. The third-order valence-corrected chi connectivity index (χ3v) is 4.98. The van der Waals surface area contributed by atoms with E-state index in [0.717, 1.165) is 31.9 Å². The zero-order valence-corrected chi connectivity index (χ0v) is 16.9. The van der Waals surface area contributed by atoms with Crippen LogP contribution in [0.5, 0.6) is 5.75 Å². The second kappa shape index (κ2) is 9.05. The molecule has 0 spiro atoms. The number of anilines is 2. The molecule has 4 rings (SSSR count). The lowest BCUT2D eigenvalue weighted by Crippen LogP contribution is -2.43. The van der Waals surface area contributed by atoms with Crippen LogP contribution >= 0.6 is 0 Å². The summed E-state index contributed by atoms with van der Waals surface area (Å²) in [6, 6.07) is 8.66. The van der Waals surface area contributed by atoms with Crippen molar-refractivity contribution in [3.8, 4) is 17.0 Å². The zero-order valence-electron chi connectivity index (χ0n) is 16.9. The van der Waals surface area contributed by atoms with E-state index in [9.17, 15) is 13.6 Å². The quantitative estimate of drug-likeness (QED) is 0.654. The summed E-state index contributed by atoms with van der Waals surface area (Å²) in [6.07, 6.45) is 2.63. The molecule has 2 N–H and O–H groups in total. The van der Waals surface area contributed by atoms with Gasteiger partial charge in [-0.2, -0.15) is 0 Å². The fourth-order valence-electron chi connectivity index (χ4n) is 3.50. The lowest BCUT2D eigenvalue weighted by molar-refractivity contribution is 0.102. The van der Waals surface area contributed by atoms with E-state index in [1.807, 2.05) is 0 Å². The Balaban J connectivity index is 1.64. The Kier molecular flexibility index (Phi) is 6.03. The van der Waals surface area contributed by atoms with Crippen molar-refractivity contribution in [3.05, 3.63) is 66.1 Å². The minimum absolute atomic E-state index is 0.0293. The van der Waals surface area contributed by atoms with Crippen LogP contribution in [-0.2, 0) is 0 Å². The third-order valence-electron chi connectivity index (χ3n) is 4.98. The first-order chi connectivity index (χ1) is 15.1. The molecule has 2 heterocycles. The minimum Gasteiger partial charge on any atom is -0.496 e. The Hall–Kier alpha value is -3.59. The summed E-state index contributed by atoms with van der Waals surface area (Å²) in [7, 11) is 1.42. The second-order valence-corrected chi connectivity index (χ2v) is 6.96. The summed E-state index contributed by atoms with van der Waals surface area (Å²) in [5.74, 6) is -1.31. The van der Waals surface area contributed by atoms with E-state index in [2.05, 4.69) is 25.5 Å². The Morgan fingerprint density at radius 2 is 1.97 bits per heavy atom. The van der Waals surface area contributed by atoms with Gasteiger partial charge >= 0.3 is 0 Å². The Labute approximate surface area is 178 Å². The molecule has 31 heavy (non-hydrogen) atoms. The minimum atomic E-state index is -0.577. The van der Waals surface area contributed by atoms with Gasteiger partial charge in [-0.05, 0) is 30.3 Å². The largest absolute Gasteiger partial charge is 0.496 e. The number of benzene rings is 2. The van der Waals surface area contributed by atoms with Crippen LogP contribution in [-0.4, -0.2) is 49.2 Å². The van der Waals surface area contributed by atoms with Gasteiger partial charge in [-0.3, -0.25) is 9.78 Å². The van der Waals surface area contributed by atoms with Crippen molar-refractivity contribution in [3.63, 3.8) is 0 Å². The summed E-state index contributed by atoms with van der Waals surface area (Å²) in [5, 5.41) is 5.97. The van der Waals surface area contributed by atoms with Crippen LogP contribution in [0.2, 0.25) is 0 Å². The third kappa shape index (κ3) is 4.46. The van der Waals surface area contributed by atoms with Gasteiger partial charge in [-0.1, -0.05) is 6.07 Å². The van der Waals surface area contributed by atoms with Gasteiger partial charge in [0.25, 0.3) is 5.91 Å². The highest BCUT2D eigenvalue weighted by molar-refractivity contribution is 6.04. The first-order valence-electron chi connectivity index (χ1n) is 9.78. The van der Waals surface area contributed by atoms with E-state index in [0.29, 0.717) is 5.69 Å². The number of rotatable bonds is 5. The van der Waals surface area contributed by atoms with Crippen LogP contribution in [0.25, 0.3) is 11.3 Å². The van der Waals surface area contributed by atoms with Crippen molar-refractivity contribution in [2.24, 2.45) is 0 Å². The molecule has 7 nitrogen and oxygen atoms in total. The molecular weight excluding hydrogens is 404 g/mol. The number of nitrogens with zero attached hydrogens (tertiary/aromatic N) is 3. The molecule has 1 aromatic heterocycles. The number of aromatic nitrogens is 2. The Bertz CT molecular complexity index is 1100. The molecule has 1 aliphatic rings. The Morgan fingerprint density at radius 1 is 1.16 bits per heavy atom. The number of ether oxygens (including phenoxy) is 1. The van der Waals surface area contributed by atoms with E-state index in [4.69, 9.17) is 4.74 Å². The van der Waals surface area contributed by atoms with Gasteiger partial charge in [0, 0.05) is 26.2 Å². The summed E-state index contributed by atoms with van der Waals surface area (Å²) >= 11 is 0. The smallest absolute Gasteiger partial charge is 0.275 e. The molecule has 0 saturated carbocycles. The van der Waals surface area contributed by atoms with Gasteiger partial charge in [-0.25, -0.2) is 13.8 Å². The van der Waals surface area contributed by atoms with Crippen molar-refractivity contribution < 1.29 is 18.3 Å². The molecule has 160 valence electrons. The number of carbonyl (C=O) groups excluding carboxylic acids is 1. The topological polar surface area (TPSA) is 79.4 Å². The maximum Gasteiger partial charge on any atom is 0.275 e. The lowest BCUT2D eigenvalue weighted by atomic mass is 10.1. The number of piperazine rings is 1. The number of hydrogen-bond acceptors (Lipinski definition) is 6. The molecule has 1 aliphatic heterocycles. The fraction of sp³-hybridized carbons (Fsp3) is 0.227. The summed E-state index contributed by atoms with van der Waals surface area (Å²) in [4.78, 5) is 23.3. The molecule has 3 aromatic rings. The maximum absolute atomic E-state index is 14.4. The van der Waals surface area contributed by atoms with Crippen molar-refractivity contribution in [2.75, 3.05) is 43.5 Å². The van der Waals surface area contributed by atoms with Crippen molar-refractivity contribution in [1.29, 1.82) is 0 Å². The van der Waals surface area contributed by atoms with Gasteiger partial charge in [0.1, 0.15) is 23.1 Å². The highest BCUT2D eigenvalue weighted by atomic mass is 19.1. The van der Waals surface area contributed by atoms with Crippen LogP contribution < -0.4 is 20.3 Å². The standard InChI is InChI=1S/C22H21F2N5O2/c1-31-20-4-2-3-15(24)21(20)17-12-26-13-18(27-17)22(30)28-16-11-14(23)5-6-19(16)29-9-7-25-8-10-29/h2-6,11-13,25H,7-10H2,1H3,(H,28,30). The number of methoxy groups -OCH3 is 1. The number of nitrogens with one attached hydrogen (secondary N) is 2. The van der Waals surface area contributed by atoms with Crippen molar-refractivity contribution in [1.82, 2.24) is 15.3 Å². The number of amides is 1. The normalized spacial score (nSPS) is 13.7. The van der Waals surface area contributed by atoms with Gasteiger partial charge in [0.2, 0.25) is 0 Å². The first kappa shape index (κ1) is 20.7. The molecule has 9 heteroatoms. The van der Waals surface area contributed by atoms with E-state index < -0.39 is 17.5 Å². The van der Waals surface area contributed by atoms with Gasteiger partial charge in [-0.15, -0.1) is 0 Å². The molecule has 1 saturated heterocycles. The van der Waals surface area contributed by atoms with Gasteiger partial charge < -0.3 is 20.3 Å². The average Bonchev–Trinajstić information content (AvgIpc) is 2.79. The van der Waals surface area contributed by atoms with Crippen LogP contribution in [0.15, 0.2) is 48.8 Å². The molecule has 0 unspecified atom stereocenters. The molecule has 0 bridgehead atoms. The molecule has 1 amide bonds. The Morgan fingerprint density at radius 3 is 2.74 bits per heavy atom. The van der Waals surface area contributed by atoms with E-state index in [1.165, 1.54) is 43.8 Å². The number of hydrogen-bond donors (Lipinski definition) is 2. The second-order valence-electron chi connectivity index (χ2n) is 6.96. The predicted molar refractivity (Wildman–Crippen MR) is 113 cm³/mol. The predicted octanol–water partition coefficient (Wildman–Crippen LogP) is 3.09. The molecule has 0 aliphatic carbocycles. The first-order valence-corrected chi connectivity index (χ1v) is 9.78. The fourth-order valence-corrected chi connectivity index (χ4v) is 3.50. The molecule has 1 fully saturated rings. The maximum atomic E-state index is 14.4. The average molecular weight is 425 g/mol. The summed E-state index contributed by atoms with van der Waals surface area (Å²) in [6.45, 7) is 3.05. The van der Waals surface area contributed by atoms with E-state index in [-0.39, 0.29) is 22.7 Å². The highest BCUT2D eigenvalue weighted by Crippen LogP contribution is 2.31. The zero-order chi connectivity index (χ0) is 21.8. The SMILES string of the molecule is COc1cccc(F)c1-c1cncc(C(=O)Nc2cc(F)ccc2N2CCNCC2)n1. The van der Waals surface area contributed by atoms with E-state index >= 15 is 0 Å².